The quantitative estimate of drug-likeness (QED) is 0.818. The molecule has 0 aliphatic carbocycles. The summed E-state index contributed by atoms with van der Waals surface area (Å²) in [6, 6.07) is 14.9. The van der Waals surface area contributed by atoms with E-state index in [9.17, 15) is 4.79 Å². The van der Waals surface area contributed by atoms with Crippen LogP contribution in [0.15, 0.2) is 59.2 Å². The molecule has 2 aromatic carbocycles. The van der Waals surface area contributed by atoms with Gasteiger partial charge in [0.05, 0.1) is 0 Å². The van der Waals surface area contributed by atoms with Crippen molar-refractivity contribution in [2.45, 2.75) is 6.54 Å². The highest BCUT2D eigenvalue weighted by atomic mass is 79.9. The van der Waals surface area contributed by atoms with Crippen LogP contribution >= 0.6 is 27.5 Å². The Morgan fingerprint density at radius 3 is 2.57 bits per heavy atom. The highest BCUT2D eigenvalue weighted by molar-refractivity contribution is 9.10. The summed E-state index contributed by atoms with van der Waals surface area (Å²) in [5.74, 6) is 0. The Balaban J connectivity index is 1.80. The molecule has 0 spiro atoms. The van der Waals surface area contributed by atoms with Gasteiger partial charge < -0.3 is 10.6 Å². The minimum Gasteiger partial charge on any atom is -0.334 e. The van der Waals surface area contributed by atoms with Gasteiger partial charge in [-0.25, -0.2) is 4.79 Å². The van der Waals surface area contributed by atoms with Crippen LogP contribution in [0.2, 0.25) is 5.02 Å². The lowest BCUT2D eigenvalue weighted by Crippen LogP contribution is -2.31. The number of urea groups is 1. The van der Waals surface area contributed by atoms with Crippen molar-refractivity contribution in [1.82, 2.24) is 10.6 Å². The molecular weight excluding hydrogens is 352 g/mol. The number of halogens is 2. The number of amides is 2. The number of rotatable bonds is 4. The minimum atomic E-state index is -0.254. The van der Waals surface area contributed by atoms with Crippen LogP contribution in [0, 0.1) is 0 Å². The van der Waals surface area contributed by atoms with Crippen molar-refractivity contribution >= 4 is 39.6 Å². The monoisotopic (exact) mass is 364 g/mol. The third-order valence-electron chi connectivity index (χ3n) is 2.76. The molecule has 0 saturated heterocycles. The molecule has 2 rings (SSSR count). The summed E-state index contributed by atoms with van der Waals surface area (Å²) < 4.78 is 0.974. The second-order valence-corrected chi connectivity index (χ2v) is 5.59. The normalized spacial score (nSPS) is 10.6. The lowest BCUT2D eigenvalue weighted by molar-refractivity contribution is 0.244. The average Bonchev–Trinajstić information content (AvgIpc) is 2.48. The highest BCUT2D eigenvalue weighted by Gasteiger charge is 2.00. The molecule has 0 atom stereocenters. The Morgan fingerprint density at radius 2 is 1.86 bits per heavy atom. The van der Waals surface area contributed by atoms with Crippen LogP contribution in [0.4, 0.5) is 4.79 Å². The van der Waals surface area contributed by atoms with E-state index in [2.05, 4.69) is 26.6 Å². The Hall–Kier alpha value is -1.78. The van der Waals surface area contributed by atoms with E-state index in [1.165, 1.54) is 0 Å². The first-order valence-electron chi connectivity index (χ1n) is 6.35. The van der Waals surface area contributed by atoms with Gasteiger partial charge >= 0.3 is 6.03 Å². The van der Waals surface area contributed by atoms with Crippen molar-refractivity contribution in [2.75, 3.05) is 0 Å². The van der Waals surface area contributed by atoms with Crippen LogP contribution in [-0.2, 0) is 6.54 Å². The number of carbonyl (C=O) groups is 1. The van der Waals surface area contributed by atoms with Gasteiger partial charge in [0.2, 0.25) is 0 Å². The summed E-state index contributed by atoms with van der Waals surface area (Å²) in [6.45, 7) is 0.460. The standard InChI is InChI=1S/C16H14BrClN2O/c17-15-4-2-1-3-13(15)11-20-16(21)19-10-9-12-5-7-14(18)8-6-12/h1-10H,11H2,(H2,19,20,21)/b10-9+. The van der Waals surface area contributed by atoms with Crippen LogP contribution in [0.25, 0.3) is 6.08 Å². The zero-order valence-electron chi connectivity index (χ0n) is 11.1. The van der Waals surface area contributed by atoms with Crippen LogP contribution in [0.1, 0.15) is 11.1 Å². The van der Waals surface area contributed by atoms with Crippen molar-refractivity contribution in [2.24, 2.45) is 0 Å². The molecular formula is C16H14BrClN2O. The van der Waals surface area contributed by atoms with Crippen LogP contribution in [-0.4, -0.2) is 6.03 Å². The maximum atomic E-state index is 11.7. The van der Waals surface area contributed by atoms with Gasteiger partial charge in [-0.05, 0) is 35.4 Å². The molecule has 3 nitrogen and oxygen atoms in total. The molecule has 5 heteroatoms. The molecule has 2 amide bonds. The summed E-state index contributed by atoms with van der Waals surface area (Å²) in [6.07, 6.45) is 3.40. The second kappa shape index (κ2) is 7.86. The largest absolute Gasteiger partial charge is 0.334 e. The Kier molecular flexibility index (Phi) is 5.84. The van der Waals surface area contributed by atoms with Gasteiger partial charge in [-0.15, -0.1) is 0 Å². The first kappa shape index (κ1) is 15.6. The molecule has 0 fully saturated rings. The van der Waals surface area contributed by atoms with Gasteiger partial charge in [-0.2, -0.15) is 0 Å². The third-order valence-corrected chi connectivity index (χ3v) is 3.78. The maximum absolute atomic E-state index is 11.7. The topological polar surface area (TPSA) is 41.1 Å². The number of hydrogen-bond acceptors (Lipinski definition) is 1. The van der Waals surface area contributed by atoms with Gasteiger partial charge in [0, 0.05) is 22.2 Å². The Bertz CT molecular complexity index is 641. The lowest BCUT2D eigenvalue weighted by atomic mass is 10.2. The van der Waals surface area contributed by atoms with E-state index in [0.29, 0.717) is 11.6 Å². The van der Waals surface area contributed by atoms with E-state index < -0.39 is 0 Å². The smallest absolute Gasteiger partial charge is 0.319 e. The molecule has 0 aliphatic rings. The second-order valence-electron chi connectivity index (χ2n) is 4.30. The fraction of sp³-hybridized carbons (Fsp3) is 0.0625. The van der Waals surface area contributed by atoms with Crippen molar-refractivity contribution in [3.63, 3.8) is 0 Å². The fourth-order valence-electron chi connectivity index (χ4n) is 1.66. The van der Waals surface area contributed by atoms with E-state index in [1.54, 1.807) is 24.4 Å². The number of carbonyl (C=O) groups excluding carboxylic acids is 1. The average molecular weight is 366 g/mol. The first-order valence-corrected chi connectivity index (χ1v) is 7.52. The molecule has 2 aromatic rings. The summed E-state index contributed by atoms with van der Waals surface area (Å²) >= 11 is 9.24. The minimum absolute atomic E-state index is 0.254. The molecule has 0 heterocycles. The van der Waals surface area contributed by atoms with Gasteiger partial charge in [0.1, 0.15) is 0 Å². The molecule has 21 heavy (non-hydrogen) atoms. The summed E-state index contributed by atoms with van der Waals surface area (Å²) in [4.78, 5) is 11.7. The Labute approximate surface area is 137 Å². The van der Waals surface area contributed by atoms with Crippen LogP contribution in [0.5, 0.6) is 0 Å². The van der Waals surface area contributed by atoms with Crippen LogP contribution in [0.3, 0.4) is 0 Å². The van der Waals surface area contributed by atoms with Gasteiger partial charge in [0.15, 0.2) is 0 Å². The molecule has 0 bridgehead atoms. The maximum Gasteiger partial charge on any atom is 0.319 e. The zero-order valence-corrected chi connectivity index (χ0v) is 13.5. The molecule has 0 aromatic heterocycles. The molecule has 0 radical (unpaired) electrons. The molecule has 0 aliphatic heterocycles. The van der Waals surface area contributed by atoms with E-state index >= 15 is 0 Å². The third kappa shape index (κ3) is 5.25. The van der Waals surface area contributed by atoms with Crippen molar-refractivity contribution in [1.29, 1.82) is 0 Å². The number of hydrogen-bond donors (Lipinski definition) is 2. The van der Waals surface area contributed by atoms with Crippen molar-refractivity contribution in [3.8, 4) is 0 Å². The Morgan fingerprint density at radius 1 is 1.14 bits per heavy atom. The van der Waals surface area contributed by atoms with Crippen LogP contribution < -0.4 is 10.6 Å². The summed E-state index contributed by atoms with van der Waals surface area (Å²) in [5, 5.41) is 6.13. The predicted molar refractivity (Wildman–Crippen MR) is 90.0 cm³/mol. The fourth-order valence-corrected chi connectivity index (χ4v) is 2.21. The highest BCUT2D eigenvalue weighted by Crippen LogP contribution is 2.15. The van der Waals surface area contributed by atoms with E-state index in [4.69, 9.17) is 11.6 Å². The SMILES string of the molecule is O=C(N/C=C/c1ccc(Cl)cc1)NCc1ccccc1Br. The first-order chi connectivity index (χ1) is 10.1. The molecule has 0 saturated carbocycles. The van der Waals surface area contributed by atoms with E-state index in [0.717, 1.165) is 15.6 Å². The summed E-state index contributed by atoms with van der Waals surface area (Å²) in [5.41, 5.74) is 1.99. The van der Waals surface area contributed by atoms with E-state index in [-0.39, 0.29) is 6.03 Å². The number of benzene rings is 2. The van der Waals surface area contributed by atoms with Crippen molar-refractivity contribution in [3.05, 3.63) is 75.4 Å². The van der Waals surface area contributed by atoms with E-state index in [1.807, 2.05) is 36.4 Å². The van der Waals surface area contributed by atoms with Gasteiger partial charge in [-0.3, -0.25) is 0 Å². The zero-order chi connectivity index (χ0) is 15.1. The molecule has 0 unspecified atom stereocenters. The predicted octanol–water partition coefficient (Wildman–Crippen LogP) is 4.57. The van der Waals surface area contributed by atoms with Gasteiger partial charge in [-0.1, -0.05) is 57.9 Å². The van der Waals surface area contributed by atoms with Gasteiger partial charge in [0.25, 0.3) is 0 Å². The summed E-state index contributed by atoms with van der Waals surface area (Å²) in [7, 11) is 0. The number of nitrogens with one attached hydrogen (secondary N) is 2. The molecule has 2 N–H and O–H groups in total. The van der Waals surface area contributed by atoms with Crippen molar-refractivity contribution < 1.29 is 4.79 Å². The lowest BCUT2D eigenvalue weighted by Gasteiger charge is -2.06. The molecule has 108 valence electrons.